The van der Waals surface area contributed by atoms with Gasteiger partial charge in [0.25, 0.3) is 0 Å². The van der Waals surface area contributed by atoms with Crippen LogP contribution in [-0.2, 0) is 4.74 Å². The van der Waals surface area contributed by atoms with Crippen molar-refractivity contribution < 1.29 is 9.84 Å². The molecular formula is C13H26N2O2. The highest BCUT2D eigenvalue weighted by molar-refractivity contribution is 4.98. The van der Waals surface area contributed by atoms with Gasteiger partial charge in [0.15, 0.2) is 0 Å². The van der Waals surface area contributed by atoms with Gasteiger partial charge in [0.2, 0.25) is 0 Å². The maximum absolute atomic E-state index is 10.5. The summed E-state index contributed by atoms with van der Waals surface area (Å²) in [7, 11) is 1.77. The predicted octanol–water partition coefficient (Wildman–Crippen LogP) is 0.445. The second-order valence-electron chi connectivity index (χ2n) is 5.76. The lowest BCUT2D eigenvalue weighted by atomic mass is 9.93. The number of β-amino-alcohol motifs (C(OH)–C–C–N with tert-alkyl or cyclic N) is 1. The molecular weight excluding hydrogens is 216 g/mol. The fraction of sp³-hybridized carbons (Fsp3) is 1.00. The molecule has 2 fully saturated rings. The van der Waals surface area contributed by atoms with Gasteiger partial charge in [0.1, 0.15) is 0 Å². The van der Waals surface area contributed by atoms with E-state index in [1.54, 1.807) is 7.11 Å². The van der Waals surface area contributed by atoms with Crippen LogP contribution in [0.25, 0.3) is 0 Å². The lowest BCUT2D eigenvalue weighted by Gasteiger charge is -2.37. The zero-order chi connectivity index (χ0) is 12.3. The van der Waals surface area contributed by atoms with Crippen LogP contribution in [0, 0.1) is 11.8 Å². The predicted molar refractivity (Wildman–Crippen MR) is 67.8 cm³/mol. The Balaban J connectivity index is 1.76. The van der Waals surface area contributed by atoms with Crippen LogP contribution in [0.5, 0.6) is 0 Å². The summed E-state index contributed by atoms with van der Waals surface area (Å²) in [6.07, 6.45) is 4.65. The zero-order valence-corrected chi connectivity index (χ0v) is 10.9. The number of hydrogen-bond acceptors (Lipinski definition) is 4. The average Bonchev–Trinajstić information content (AvgIpc) is 3.16. The van der Waals surface area contributed by atoms with E-state index in [2.05, 4.69) is 4.90 Å². The molecule has 1 unspecified atom stereocenters. The minimum Gasteiger partial charge on any atom is -0.387 e. The van der Waals surface area contributed by atoms with Crippen LogP contribution in [0.3, 0.4) is 0 Å². The molecule has 0 amide bonds. The van der Waals surface area contributed by atoms with Crippen molar-refractivity contribution in [3.63, 3.8) is 0 Å². The van der Waals surface area contributed by atoms with Crippen molar-refractivity contribution in [3.05, 3.63) is 0 Å². The van der Waals surface area contributed by atoms with Crippen LogP contribution >= 0.6 is 0 Å². The number of methoxy groups -OCH3 is 1. The van der Waals surface area contributed by atoms with Crippen molar-refractivity contribution >= 4 is 0 Å². The molecule has 4 nitrogen and oxygen atoms in total. The van der Waals surface area contributed by atoms with Crippen molar-refractivity contribution in [2.24, 2.45) is 17.6 Å². The van der Waals surface area contributed by atoms with Gasteiger partial charge in [0.05, 0.1) is 5.60 Å². The first-order valence-electron chi connectivity index (χ1n) is 6.81. The first-order valence-corrected chi connectivity index (χ1v) is 6.81. The molecule has 0 aromatic heterocycles. The monoisotopic (exact) mass is 242 g/mol. The second kappa shape index (κ2) is 5.65. The first kappa shape index (κ1) is 13.3. The number of likely N-dealkylation sites (tertiary alicyclic amines) is 1. The lowest BCUT2D eigenvalue weighted by Crippen LogP contribution is -2.52. The highest BCUT2D eigenvalue weighted by Gasteiger charge is 2.44. The molecule has 0 spiro atoms. The summed E-state index contributed by atoms with van der Waals surface area (Å²) in [4.78, 5) is 2.37. The standard InChI is InChI=1S/C13H26N2O2/c1-17-8-11-4-6-15(7-5-11)10-13(16,9-14)12-2-3-12/h11-12,16H,2-10,14H2,1H3. The number of nitrogens with two attached hydrogens (primary N) is 1. The Hall–Kier alpha value is -0.160. The minimum atomic E-state index is -0.631. The van der Waals surface area contributed by atoms with E-state index >= 15 is 0 Å². The van der Waals surface area contributed by atoms with Crippen molar-refractivity contribution in [2.45, 2.75) is 31.3 Å². The average molecular weight is 242 g/mol. The Morgan fingerprint density at radius 2 is 1.94 bits per heavy atom. The number of rotatable bonds is 6. The van der Waals surface area contributed by atoms with E-state index in [1.165, 1.54) is 12.8 Å². The molecule has 1 aliphatic heterocycles. The highest BCUT2D eigenvalue weighted by Crippen LogP contribution is 2.40. The topological polar surface area (TPSA) is 58.7 Å². The van der Waals surface area contributed by atoms with Gasteiger partial charge < -0.3 is 20.5 Å². The molecule has 1 heterocycles. The summed E-state index contributed by atoms with van der Waals surface area (Å²) in [6, 6.07) is 0. The van der Waals surface area contributed by atoms with Gasteiger partial charge >= 0.3 is 0 Å². The largest absolute Gasteiger partial charge is 0.387 e. The van der Waals surface area contributed by atoms with Gasteiger partial charge in [-0.3, -0.25) is 0 Å². The van der Waals surface area contributed by atoms with Crippen molar-refractivity contribution in [1.82, 2.24) is 4.90 Å². The van der Waals surface area contributed by atoms with Gasteiger partial charge in [-0.25, -0.2) is 0 Å². The highest BCUT2D eigenvalue weighted by atomic mass is 16.5. The third-order valence-corrected chi connectivity index (χ3v) is 4.30. The first-order chi connectivity index (χ1) is 8.18. The summed E-state index contributed by atoms with van der Waals surface area (Å²) in [5.41, 5.74) is 5.11. The summed E-state index contributed by atoms with van der Waals surface area (Å²) >= 11 is 0. The lowest BCUT2D eigenvalue weighted by molar-refractivity contribution is -0.0193. The Morgan fingerprint density at radius 1 is 1.29 bits per heavy atom. The molecule has 0 radical (unpaired) electrons. The Morgan fingerprint density at radius 3 is 2.41 bits per heavy atom. The Labute approximate surface area is 104 Å². The molecule has 1 aliphatic carbocycles. The van der Waals surface area contributed by atoms with E-state index in [4.69, 9.17) is 10.5 Å². The normalized spacial score (nSPS) is 27.0. The van der Waals surface area contributed by atoms with Gasteiger partial charge in [-0.05, 0) is 50.6 Å². The van der Waals surface area contributed by atoms with Crippen LogP contribution in [0.15, 0.2) is 0 Å². The fourth-order valence-electron chi connectivity index (χ4n) is 2.92. The molecule has 2 aliphatic rings. The smallest absolute Gasteiger partial charge is 0.0923 e. The van der Waals surface area contributed by atoms with Crippen molar-refractivity contribution in [3.8, 4) is 0 Å². The molecule has 2 rings (SSSR count). The van der Waals surface area contributed by atoms with Crippen LogP contribution in [0.2, 0.25) is 0 Å². The maximum atomic E-state index is 10.5. The maximum Gasteiger partial charge on any atom is 0.0923 e. The molecule has 0 aromatic carbocycles. The summed E-state index contributed by atoms with van der Waals surface area (Å²) in [5, 5.41) is 10.5. The van der Waals surface area contributed by atoms with Crippen molar-refractivity contribution in [2.75, 3.05) is 39.9 Å². The molecule has 0 bridgehead atoms. The quantitative estimate of drug-likeness (QED) is 0.710. The molecule has 1 atom stereocenters. The number of ether oxygens (including phenoxy) is 1. The van der Waals surface area contributed by atoms with E-state index in [-0.39, 0.29) is 0 Å². The van der Waals surface area contributed by atoms with E-state index in [9.17, 15) is 5.11 Å². The molecule has 1 saturated carbocycles. The van der Waals surface area contributed by atoms with Gasteiger partial charge in [-0.2, -0.15) is 0 Å². The van der Waals surface area contributed by atoms with E-state index < -0.39 is 5.60 Å². The van der Waals surface area contributed by atoms with E-state index in [0.717, 1.165) is 39.1 Å². The summed E-state index contributed by atoms with van der Waals surface area (Å²) in [5.74, 6) is 1.15. The Bertz CT molecular complexity index is 238. The molecule has 4 heteroatoms. The third-order valence-electron chi connectivity index (χ3n) is 4.30. The molecule has 3 N–H and O–H groups in total. The van der Waals surface area contributed by atoms with Gasteiger partial charge in [0, 0.05) is 26.8 Å². The van der Waals surface area contributed by atoms with E-state index in [1.807, 2.05) is 0 Å². The molecule has 0 aromatic rings. The zero-order valence-electron chi connectivity index (χ0n) is 10.9. The second-order valence-corrected chi connectivity index (χ2v) is 5.76. The van der Waals surface area contributed by atoms with E-state index in [0.29, 0.717) is 18.4 Å². The Kier molecular flexibility index (Phi) is 4.42. The molecule has 100 valence electrons. The fourth-order valence-corrected chi connectivity index (χ4v) is 2.92. The number of aliphatic hydroxyl groups is 1. The van der Waals surface area contributed by atoms with Gasteiger partial charge in [-0.1, -0.05) is 0 Å². The number of hydrogen-bond donors (Lipinski definition) is 2. The van der Waals surface area contributed by atoms with Crippen LogP contribution in [-0.4, -0.2) is 55.5 Å². The SMILES string of the molecule is COCC1CCN(CC(O)(CN)C2CC2)CC1. The molecule has 17 heavy (non-hydrogen) atoms. The van der Waals surface area contributed by atoms with Crippen LogP contribution in [0.1, 0.15) is 25.7 Å². The summed E-state index contributed by atoms with van der Waals surface area (Å²) in [6.45, 7) is 4.17. The van der Waals surface area contributed by atoms with Gasteiger partial charge in [-0.15, -0.1) is 0 Å². The minimum absolute atomic E-state index is 0.398. The third kappa shape index (κ3) is 3.41. The number of nitrogens with zero attached hydrogens (tertiary/aromatic N) is 1. The molecule has 1 saturated heterocycles. The van der Waals surface area contributed by atoms with Crippen LogP contribution < -0.4 is 5.73 Å². The van der Waals surface area contributed by atoms with Crippen molar-refractivity contribution in [1.29, 1.82) is 0 Å². The number of piperidine rings is 1. The summed E-state index contributed by atoms with van der Waals surface area (Å²) < 4.78 is 5.20. The van der Waals surface area contributed by atoms with Crippen LogP contribution in [0.4, 0.5) is 0 Å².